The van der Waals surface area contributed by atoms with E-state index in [1.807, 2.05) is 66.7 Å². The van der Waals surface area contributed by atoms with E-state index in [1.165, 1.54) is 11.3 Å². The van der Waals surface area contributed by atoms with Crippen molar-refractivity contribution in [2.24, 2.45) is 5.92 Å². The molecular formula is C38H45N5O8S. The van der Waals surface area contributed by atoms with E-state index in [9.17, 15) is 14.7 Å². The first-order chi connectivity index (χ1) is 25.4. The first-order valence-corrected chi connectivity index (χ1v) is 18.5. The van der Waals surface area contributed by atoms with Gasteiger partial charge in [0.25, 0.3) is 0 Å². The van der Waals surface area contributed by atoms with E-state index in [2.05, 4.69) is 27.6 Å². The van der Waals surface area contributed by atoms with Crippen LogP contribution >= 0.6 is 11.3 Å². The van der Waals surface area contributed by atoms with Gasteiger partial charge < -0.3 is 34.1 Å². The fourth-order valence-electron chi connectivity index (χ4n) is 6.11. The number of alkyl carbamates (subject to hydrolysis) is 1. The van der Waals surface area contributed by atoms with Crippen molar-refractivity contribution in [2.45, 2.75) is 70.3 Å². The molecule has 2 fully saturated rings. The highest BCUT2D eigenvalue weighted by atomic mass is 32.1. The zero-order chi connectivity index (χ0) is 36.1. The number of rotatable bonds is 17. The van der Waals surface area contributed by atoms with E-state index in [4.69, 9.17) is 23.7 Å². The summed E-state index contributed by atoms with van der Waals surface area (Å²) in [5.74, 6) is 0.714. The molecular weight excluding hydrogens is 687 g/mol. The minimum absolute atomic E-state index is 0.0332. The van der Waals surface area contributed by atoms with Gasteiger partial charge in [0.05, 0.1) is 54.0 Å². The molecule has 13 nitrogen and oxygen atoms in total. The van der Waals surface area contributed by atoms with Gasteiger partial charge in [-0.1, -0.05) is 55.8 Å². The predicted molar refractivity (Wildman–Crippen MR) is 193 cm³/mol. The largest absolute Gasteiger partial charge is 0.494 e. The molecule has 0 bridgehead atoms. The van der Waals surface area contributed by atoms with Crippen LogP contribution in [0.5, 0.6) is 5.75 Å². The van der Waals surface area contributed by atoms with Crippen LogP contribution in [0.2, 0.25) is 0 Å². The topological polar surface area (TPSA) is 154 Å². The molecule has 3 N–H and O–H groups in total. The van der Waals surface area contributed by atoms with Crippen molar-refractivity contribution in [2.75, 3.05) is 26.4 Å². The second-order valence-electron chi connectivity index (χ2n) is 12.8. The number of benzene rings is 2. The van der Waals surface area contributed by atoms with Crippen LogP contribution in [0.25, 0.3) is 11.3 Å². The highest BCUT2D eigenvalue weighted by Crippen LogP contribution is 2.33. The zero-order valence-electron chi connectivity index (χ0n) is 29.1. The lowest BCUT2D eigenvalue weighted by Gasteiger charge is -2.30. The van der Waals surface area contributed by atoms with Crippen LogP contribution in [-0.4, -0.2) is 83.2 Å². The lowest BCUT2D eigenvalue weighted by molar-refractivity contribution is -0.0907. The monoisotopic (exact) mass is 731 g/mol. The molecule has 4 aromatic rings. The number of thiazole rings is 1. The standard InChI is InChI=1S/C38H45N5O8S/c1-2-3-17-47-29-13-9-26(10-14-29)19-33(41-37(45)51-35-24-49-36-31(35)15-18-48-36)34(44)22-43(42-38(46)50-23-30-20-39-25-52-30)21-27-7-11-28(12-8-27)32-6-4-5-16-40-32/h4-14,16,20,25,31,33-36,44H,2-3,15,17-19,21-24H2,1H3,(H,41,45)(H,42,46)/t31-,33-,34-,35-,36+/m0/s1. The summed E-state index contributed by atoms with van der Waals surface area (Å²) < 4.78 is 28.3. The second-order valence-corrected chi connectivity index (χ2v) is 13.8. The molecule has 2 aliphatic rings. The van der Waals surface area contributed by atoms with Crippen LogP contribution < -0.4 is 15.5 Å². The summed E-state index contributed by atoms with van der Waals surface area (Å²) in [6, 6.07) is 20.3. The van der Waals surface area contributed by atoms with E-state index in [0.29, 0.717) is 13.2 Å². The average molecular weight is 732 g/mol. The maximum Gasteiger partial charge on any atom is 0.422 e. The average Bonchev–Trinajstić information content (AvgIpc) is 3.93. The third-order valence-corrected chi connectivity index (χ3v) is 9.68. The first kappa shape index (κ1) is 37.2. The van der Waals surface area contributed by atoms with Gasteiger partial charge in [0.1, 0.15) is 18.5 Å². The SMILES string of the molecule is CCCCOc1ccc(C[C@H](NC(=O)O[C@H]2CO[C@H]3OCC[C@H]32)[C@@H](O)CN(Cc2ccc(-c3ccccn3)cc2)NC(=O)OCc2cncs2)cc1. The van der Waals surface area contributed by atoms with Gasteiger partial charge in [0.15, 0.2) is 6.29 Å². The predicted octanol–water partition coefficient (Wildman–Crippen LogP) is 5.49. The molecule has 0 radical (unpaired) electrons. The van der Waals surface area contributed by atoms with E-state index >= 15 is 0 Å². The number of aliphatic hydroxyl groups excluding tert-OH is 1. The summed E-state index contributed by atoms with van der Waals surface area (Å²) in [6.07, 6.45) is 3.06. The van der Waals surface area contributed by atoms with Gasteiger partial charge in [-0.3, -0.25) is 15.4 Å². The van der Waals surface area contributed by atoms with Crippen molar-refractivity contribution in [1.82, 2.24) is 25.7 Å². The fraction of sp³-hybridized carbons (Fsp3) is 0.421. The first-order valence-electron chi connectivity index (χ1n) is 17.6. The molecule has 2 aromatic carbocycles. The number of amides is 2. The Kier molecular flexibility index (Phi) is 13.4. The number of carbonyl (C=O) groups is 2. The molecule has 276 valence electrons. The maximum absolute atomic E-state index is 13.3. The minimum Gasteiger partial charge on any atom is -0.494 e. The fourth-order valence-corrected chi connectivity index (χ4v) is 6.62. The summed E-state index contributed by atoms with van der Waals surface area (Å²) in [7, 11) is 0. The van der Waals surface area contributed by atoms with Crippen LogP contribution in [0, 0.1) is 5.92 Å². The van der Waals surface area contributed by atoms with Gasteiger partial charge in [0.2, 0.25) is 0 Å². The molecule has 2 aliphatic heterocycles. The summed E-state index contributed by atoms with van der Waals surface area (Å²) in [6.45, 7) is 3.77. The Labute approximate surface area is 307 Å². The molecule has 6 rings (SSSR count). The Bertz CT molecular complexity index is 1680. The lowest BCUT2D eigenvalue weighted by Crippen LogP contribution is -2.53. The Balaban J connectivity index is 1.16. The van der Waals surface area contributed by atoms with Crippen LogP contribution in [0.4, 0.5) is 9.59 Å². The van der Waals surface area contributed by atoms with Gasteiger partial charge >= 0.3 is 12.2 Å². The van der Waals surface area contributed by atoms with Crippen LogP contribution in [0.1, 0.15) is 42.2 Å². The molecule has 2 amide bonds. The number of nitrogens with zero attached hydrogens (tertiary/aromatic N) is 3. The Hall–Kier alpha value is -4.60. The summed E-state index contributed by atoms with van der Waals surface area (Å²) >= 11 is 1.38. The number of unbranched alkanes of at least 4 members (excludes halogenated alkanes) is 1. The molecule has 0 spiro atoms. The van der Waals surface area contributed by atoms with E-state index < -0.39 is 30.4 Å². The molecule has 2 saturated heterocycles. The Morgan fingerprint density at radius 1 is 1.06 bits per heavy atom. The number of aromatic nitrogens is 2. The number of pyridine rings is 1. The molecule has 4 heterocycles. The van der Waals surface area contributed by atoms with Crippen LogP contribution in [-0.2, 0) is 38.5 Å². The second kappa shape index (κ2) is 18.8. The van der Waals surface area contributed by atoms with Crippen molar-refractivity contribution < 1.29 is 38.4 Å². The van der Waals surface area contributed by atoms with Crippen molar-refractivity contribution in [1.29, 1.82) is 0 Å². The molecule has 0 saturated carbocycles. The van der Waals surface area contributed by atoms with Gasteiger partial charge in [-0.05, 0) is 54.7 Å². The Morgan fingerprint density at radius 2 is 1.88 bits per heavy atom. The summed E-state index contributed by atoms with van der Waals surface area (Å²) in [5.41, 5.74) is 7.97. The zero-order valence-corrected chi connectivity index (χ0v) is 29.9. The van der Waals surface area contributed by atoms with Gasteiger partial charge in [-0.25, -0.2) is 14.6 Å². The maximum atomic E-state index is 13.3. The van der Waals surface area contributed by atoms with Gasteiger partial charge in [-0.2, -0.15) is 0 Å². The molecule has 0 unspecified atom stereocenters. The number of hydrazine groups is 1. The Morgan fingerprint density at radius 3 is 2.63 bits per heavy atom. The van der Waals surface area contributed by atoms with Crippen LogP contribution in [0.15, 0.2) is 84.6 Å². The number of nitrogens with one attached hydrogen (secondary N) is 2. The quantitative estimate of drug-likeness (QED) is 0.0934. The third-order valence-electron chi connectivity index (χ3n) is 8.93. The number of hydrogen-bond donors (Lipinski definition) is 3. The van der Waals surface area contributed by atoms with Gasteiger partial charge in [0, 0.05) is 31.0 Å². The molecule has 0 aliphatic carbocycles. The number of aliphatic hydroxyl groups is 1. The molecule has 2 aromatic heterocycles. The molecule has 5 atom stereocenters. The van der Waals surface area contributed by atoms with Crippen LogP contribution in [0.3, 0.4) is 0 Å². The normalized spacial score (nSPS) is 19.1. The molecule has 14 heteroatoms. The van der Waals surface area contributed by atoms with Crippen molar-refractivity contribution in [3.63, 3.8) is 0 Å². The number of carbonyl (C=O) groups excluding carboxylic acids is 2. The number of ether oxygens (including phenoxy) is 5. The number of fused-ring (bicyclic) bond motifs is 1. The van der Waals surface area contributed by atoms with Crippen molar-refractivity contribution in [3.8, 4) is 17.0 Å². The van der Waals surface area contributed by atoms with Crippen molar-refractivity contribution >= 4 is 23.5 Å². The highest BCUT2D eigenvalue weighted by molar-refractivity contribution is 7.09. The lowest BCUT2D eigenvalue weighted by atomic mass is 10.0. The highest BCUT2D eigenvalue weighted by Gasteiger charge is 2.44. The van der Waals surface area contributed by atoms with E-state index in [1.54, 1.807) is 22.9 Å². The van der Waals surface area contributed by atoms with E-state index in [0.717, 1.165) is 52.3 Å². The van der Waals surface area contributed by atoms with Crippen molar-refractivity contribution in [3.05, 3.63) is 101 Å². The van der Waals surface area contributed by atoms with Gasteiger partial charge in [-0.15, -0.1) is 11.3 Å². The number of hydrogen-bond acceptors (Lipinski definition) is 12. The smallest absolute Gasteiger partial charge is 0.422 e. The minimum atomic E-state index is -1.15. The summed E-state index contributed by atoms with van der Waals surface area (Å²) in [4.78, 5) is 35.6. The molecule has 52 heavy (non-hydrogen) atoms. The summed E-state index contributed by atoms with van der Waals surface area (Å²) in [5, 5.41) is 16.2. The van der Waals surface area contributed by atoms with E-state index in [-0.39, 0.29) is 44.9 Å². The third kappa shape index (κ3) is 10.7.